The summed E-state index contributed by atoms with van der Waals surface area (Å²) >= 11 is 0. The molecule has 0 unspecified atom stereocenters. The minimum absolute atomic E-state index is 0.0225. The van der Waals surface area contributed by atoms with Gasteiger partial charge in [0.1, 0.15) is 5.75 Å². The zero-order chi connectivity index (χ0) is 24.9. The predicted octanol–water partition coefficient (Wildman–Crippen LogP) is 5.18. The van der Waals surface area contributed by atoms with Crippen molar-refractivity contribution in [3.05, 3.63) is 81.9 Å². The summed E-state index contributed by atoms with van der Waals surface area (Å²) in [5.41, 5.74) is 2.63. The van der Waals surface area contributed by atoms with Crippen molar-refractivity contribution in [3.8, 4) is 5.75 Å². The Hall–Kier alpha value is -3.52. The van der Waals surface area contributed by atoms with E-state index in [0.717, 1.165) is 41.7 Å². The van der Waals surface area contributed by atoms with Gasteiger partial charge in [0.2, 0.25) is 0 Å². The minimum Gasteiger partial charge on any atom is -0.494 e. The minimum atomic E-state index is -0.0741. The molecule has 2 aromatic carbocycles. The van der Waals surface area contributed by atoms with Crippen LogP contribution in [-0.2, 0) is 13.1 Å². The molecule has 0 aliphatic heterocycles. The highest BCUT2D eigenvalue weighted by atomic mass is 16.5. The smallest absolute Gasteiger partial charge is 0.252 e. The van der Waals surface area contributed by atoms with Crippen molar-refractivity contribution in [1.29, 1.82) is 0 Å². The highest BCUT2D eigenvalue weighted by Gasteiger charge is 2.29. The molecule has 0 radical (unpaired) electrons. The van der Waals surface area contributed by atoms with E-state index in [0.29, 0.717) is 31.3 Å². The SMILES string of the molecule is CCOc1ccc2[nH]c(=O)c(CN(Cc3ccccc3)[C@H](CC)c3nnnn3C3CCCC3)cc2c1. The van der Waals surface area contributed by atoms with E-state index in [2.05, 4.69) is 56.6 Å². The molecule has 8 nitrogen and oxygen atoms in total. The third kappa shape index (κ3) is 5.18. The Balaban J connectivity index is 1.52. The number of hydrogen-bond acceptors (Lipinski definition) is 6. The molecule has 8 heteroatoms. The Bertz CT molecular complexity index is 1340. The summed E-state index contributed by atoms with van der Waals surface area (Å²) in [5, 5.41) is 13.9. The fourth-order valence-electron chi connectivity index (χ4n) is 5.35. The Morgan fingerprint density at radius 1 is 1.08 bits per heavy atom. The van der Waals surface area contributed by atoms with E-state index in [1.54, 1.807) is 0 Å². The zero-order valence-corrected chi connectivity index (χ0v) is 21.1. The fraction of sp³-hybridized carbons (Fsp3) is 0.429. The summed E-state index contributed by atoms with van der Waals surface area (Å²) in [4.78, 5) is 18.5. The molecule has 2 aromatic heterocycles. The first-order chi connectivity index (χ1) is 17.7. The van der Waals surface area contributed by atoms with Gasteiger partial charge >= 0.3 is 0 Å². The molecule has 36 heavy (non-hydrogen) atoms. The summed E-state index contributed by atoms with van der Waals surface area (Å²) in [7, 11) is 0. The standard InChI is InChI=1S/C28H34N6O2/c1-3-26(27-30-31-32-34(27)23-12-8-9-13-23)33(18-20-10-6-5-7-11-20)19-22-16-21-17-24(36-4-2)14-15-25(21)29-28(22)35/h5-7,10-11,14-17,23,26H,3-4,8-9,12-13,18-19H2,1-2H3,(H,29,35)/t26-/m1/s1. The monoisotopic (exact) mass is 486 g/mol. The van der Waals surface area contributed by atoms with Crippen LogP contribution < -0.4 is 10.3 Å². The van der Waals surface area contributed by atoms with E-state index < -0.39 is 0 Å². The van der Waals surface area contributed by atoms with Gasteiger partial charge in [-0.3, -0.25) is 9.69 Å². The molecule has 1 aliphatic rings. The summed E-state index contributed by atoms with van der Waals surface area (Å²) in [6.07, 6.45) is 5.48. The van der Waals surface area contributed by atoms with Gasteiger partial charge < -0.3 is 9.72 Å². The first-order valence-electron chi connectivity index (χ1n) is 13.0. The highest BCUT2D eigenvalue weighted by molar-refractivity contribution is 5.80. The van der Waals surface area contributed by atoms with Crippen LogP contribution in [0.3, 0.4) is 0 Å². The summed E-state index contributed by atoms with van der Waals surface area (Å²) in [5.74, 6) is 1.68. The maximum atomic E-state index is 13.1. The van der Waals surface area contributed by atoms with Crippen molar-refractivity contribution in [2.75, 3.05) is 6.61 Å². The van der Waals surface area contributed by atoms with Gasteiger partial charge in [-0.1, -0.05) is 50.1 Å². The van der Waals surface area contributed by atoms with Gasteiger partial charge in [-0.05, 0) is 66.4 Å². The molecule has 2 heterocycles. The molecule has 188 valence electrons. The van der Waals surface area contributed by atoms with E-state index in [9.17, 15) is 4.79 Å². The average molecular weight is 487 g/mol. The molecule has 5 rings (SSSR count). The molecule has 1 aliphatic carbocycles. The van der Waals surface area contributed by atoms with Gasteiger partial charge in [-0.15, -0.1) is 5.10 Å². The lowest BCUT2D eigenvalue weighted by atomic mass is 10.1. The molecule has 1 saturated carbocycles. The lowest BCUT2D eigenvalue weighted by Gasteiger charge is -2.31. The molecular weight excluding hydrogens is 452 g/mol. The molecule has 1 fully saturated rings. The maximum Gasteiger partial charge on any atom is 0.252 e. The van der Waals surface area contributed by atoms with Crippen LogP contribution in [0.15, 0.2) is 59.4 Å². The third-order valence-corrected chi connectivity index (χ3v) is 7.12. The second-order valence-corrected chi connectivity index (χ2v) is 9.54. The Morgan fingerprint density at radius 2 is 1.89 bits per heavy atom. The number of H-pyrrole nitrogens is 1. The van der Waals surface area contributed by atoms with Crippen LogP contribution in [0.5, 0.6) is 5.75 Å². The second kappa shape index (κ2) is 11.0. The number of fused-ring (bicyclic) bond motifs is 1. The number of aromatic amines is 1. The quantitative estimate of drug-likeness (QED) is 0.332. The van der Waals surface area contributed by atoms with Crippen LogP contribution >= 0.6 is 0 Å². The molecule has 1 N–H and O–H groups in total. The number of tetrazole rings is 1. The number of pyridine rings is 1. The molecule has 0 amide bonds. The second-order valence-electron chi connectivity index (χ2n) is 9.54. The van der Waals surface area contributed by atoms with Crippen molar-refractivity contribution in [2.45, 2.75) is 71.1 Å². The van der Waals surface area contributed by atoms with Gasteiger partial charge in [0.15, 0.2) is 5.82 Å². The molecular formula is C28H34N6O2. The van der Waals surface area contributed by atoms with Crippen LogP contribution in [0, 0.1) is 0 Å². The number of nitrogens with one attached hydrogen (secondary N) is 1. The number of ether oxygens (including phenoxy) is 1. The van der Waals surface area contributed by atoms with E-state index in [1.165, 1.54) is 18.4 Å². The first kappa shape index (κ1) is 24.2. The van der Waals surface area contributed by atoms with E-state index in [-0.39, 0.29) is 11.6 Å². The Morgan fingerprint density at radius 3 is 2.64 bits per heavy atom. The Kier molecular flexibility index (Phi) is 7.41. The molecule has 0 spiro atoms. The average Bonchev–Trinajstić information content (AvgIpc) is 3.58. The normalized spacial score (nSPS) is 15.1. The summed E-state index contributed by atoms with van der Waals surface area (Å²) < 4.78 is 7.72. The third-order valence-electron chi connectivity index (χ3n) is 7.12. The van der Waals surface area contributed by atoms with E-state index in [4.69, 9.17) is 4.74 Å². The lowest BCUT2D eigenvalue weighted by Crippen LogP contribution is -2.32. The number of hydrogen-bond donors (Lipinski definition) is 1. The molecule has 4 aromatic rings. The van der Waals surface area contributed by atoms with Gasteiger partial charge in [0.25, 0.3) is 5.56 Å². The number of aromatic nitrogens is 5. The van der Waals surface area contributed by atoms with Crippen molar-refractivity contribution in [3.63, 3.8) is 0 Å². The molecule has 0 saturated heterocycles. The van der Waals surface area contributed by atoms with Crippen LogP contribution in [0.4, 0.5) is 0 Å². The first-order valence-corrected chi connectivity index (χ1v) is 13.0. The largest absolute Gasteiger partial charge is 0.494 e. The topological polar surface area (TPSA) is 88.9 Å². The summed E-state index contributed by atoms with van der Waals surface area (Å²) in [6, 6.07) is 18.5. The van der Waals surface area contributed by atoms with Gasteiger partial charge in [-0.25, -0.2) is 4.68 Å². The van der Waals surface area contributed by atoms with Crippen molar-refractivity contribution in [1.82, 2.24) is 30.1 Å². The predicted molar refractivity (Wildman–Crippen MR) is 140 cm³/mol. The van der Waals surface area contributed by atoms with Gasteiger partial charge in [0.05, 0.1) is 18.7 Å². The van der Waals surface area contributed by atoms with Gasteiger partial charge in [-0.2, -0.15) is 0 Å². The van der Waals surface area contributed by atoms with Crippen molar-refractivity contribution < 1.29 is 4.74 Å². The number of nitrogens with zero attached hydrogens (tertiary/aromatic N) is 5. The zero-order valence-electron chi connectivity index (χ0n) is 21.1. The van der Waals surface area contributed by atoms with Crippen LogP contribution in [0.2, 0.25) is 0 Å². The van der Waals surface area contributed by atoms with Crippen LogP contribution in [-0.4, -0.2) is 36.7 Å². The Labute approximate surface area is 211 Å². The lowest BCUT2D eigenvalue weighted by molar-refractivity contribution is 0.158. The van der Waals surface area contributed by atoms with Crippen molar-refractivity contribution >= 4 is 10.9 Å². The number of benzene rings is 2. The number of rotatable bonds is 10. The van der Waals surface area contributed by atoms with Gasteiger partial charge in [0, 0.05) is 29.6 Å². The van der Waals surface area contributed by atoms with E-state index >= 15 is 0 Å². The van der Waals surface area contributed by atoms with E-state index in [1.807, 2.05) is 41.9 Å². The maximum absolute atomic E-state index is 13.1. The molecule has 1 atom stereocenters. The molecule has 0 bridgehead atoms. The highest BCUT2D eigenvalue weighted by Crippen LogP contribution is 2.33. The van der Waals surface area contributed by atoms with Crippen molar-refractivity contribution in [2.24, 2.45) is 0 Å². The van der Waals surface area contributed by atoms with Crippen LogP contribution in [0.1, 0.15) is 75.0 Å². The summed E-state index contributed by atoms with van der Waals surface area (Å²) in [6.45, 7) is 5.90. The fourth-order valence-corrected chi connectivity index (χ4v) is 5.35. The van der Waals surface area contributed by atoms with Crippen LogP contribution in [0.25, 0.3) is 10.9 Å².